The van der Waals surface area contributed by atoms with Gasteiger partial charge in [-0.1, -0.05) is 30.3 Å². The fraction of sp³-hybridized carbons (Fsp3) is 0.143. The van der Waals surface area contributed by atoms with Gasteiger partial charge < -0.3 is 4.98 Å². The lowest BCUT2D eigenvalue weighted by molar-refractivity contribution is 0.926. The summed E-state index contributed by atoms with van der Waals surface area (Å²) in [5.74, 6) is 0. The Labute approximate surface area is 104 Å². The predicted octanol–water partition coefficient (Wildman–Crippen LogP) is 2.31. The topological polar surface area (TPSA) is 50.2 Å². The van der Waals surface area contributed by atoms with Gasteiger partial charge in [-0.05, 0) is 13.8 Å². The average Bonchev–Trinajstić information content (AvgIpc) is 2.74. The zero-order valence-electron chi connectivity index (χ0n) is 10.3. The van der Waals surface area contributed by atoms with Gasteiger partial charge in [-0.3, -0.25) is 4.79 Å². The van der Waals surface area contributed by atoms with Crippen LogP contribution in [0.2, 0.25) is 0 Å². The second kappa shape index (κ2) is 3.84. The summed E-state index contributed by atoms with van der Waals surface area (Å²) < 4.78 is 1.79. The summed E-state index contributed by atoms with van der Waals surface area (Å²) in [5, 5.41) is 4.34. The van der Waals surface area contributed by atoms with Gasteiger partial charge in [-0.2, -0.15) is 5.10 Å². The number of aromatic nitrogens is 3. The smallest absolute Gasteiger partial charge is 0.254 e. The molecule has 4 heteroatoms. The fourth-order valence-electron chi connectivity index (χ4n) is 2.15. The van der Waals surface area contributed by atoms with Crippen LogP contribution in [0, 0.1) is 13.8 Å². The monoisotopic (exact) mass is 239 g/mol. The van der Waals surface area contributed by atoms with Crippen LogP contribution in [0.1, 0.15) is 11.1 Å². The number of rotatable bonds is 1. The van der Waals surface area contributed by atoms with Gasteiger partial charge in [0.2, 0.25) is 0 Å². The van der Waals surface area contributed by atoms with E-state index in [1.165, 1.54) is 0 Å². The van der Waals surface area contributed by atoms with Crippen molar-refractivity contribution in [2.45, 2.75) is 13.8 Å². The molecule has 1 aromatic carbocycles. The number of nitrogens with one attached hydrogen (secondary N) is 1. The van der Waals surface area contributed by atoms with Crippen LogP contribution in [0.3, 0.4) is 0 Å². The Hall–Kier alpha value is -2.36. The summed E-state index contributed by atoms with van der Waals surface area (Å²) in [6, 6.07) is 9.84. The second-order valence-corrected chi connectivity index (χ2v) is 4.38. The maximum Gasteiger partial charge on any atom is 0.254 e. The summed E-state index contributed by atoms with van der Waals surface area (Å²) in [5.41, 5.74) is 4.17. The standard InChI is InChI=1S/C14H13N3O/c1-9-8-15-17-12(11-6-4-3-5-7-11)10(2)14(18)16-13(9)17/h3-8H,1-2H3,(H,16,18). The lowest BCUT2D eigenvalue weighted by atomic mass is 10.1. The molecule has 0 spiro atoms. The number of aryl methyl sites for hydroxylation is 1. The van der Waals surface area contributed by atoms with Crippen LogP contribution in [0.25, 0.3) is 16.9 Å². The Morgan fingerprint density at radius 2 is 1.89 bits per heavy atom. The Kier molecular flexibility index (Phi) is 2.30. The molecule has 0 aliphatic carbocycles. The van der Waals surface area contributed by atoms with E-state index in [2.05, 4.69) is 10.1 Å². The zero-order chi connectivity index (χ0) is 12.7. The largest absolute Gasteiger partial charge is 0.306 e. The summed E-state index contributed by atoms with van der Waals surface area (Å²) in [6.45, 7) is 3.75. The van der Waals surface area contributed by atoms with E-state index in [0.29, 0.717) is 5.56 Å². The minimum atomic E-state index is -0.0649. The molecule has 0 amide bonds. The molecule has 0 atom stereocenters. The summed E-state index contributed by atoms with van der Waals surface area (Å²) in [7, 11) is 0. The maximum absolute atomic E-state index is 12.0. The highest BCUT2D eigenvalue weighted by Crippen LogP contribution is 2.21. The number of aromatic amines is 1. The molecule has 1 N–H and O–H groups in total. The molecular formula is C14H13N3O. The van der Waals surface area contributed by atoms with E-state index in [1.54, 1.807) is 10.7 Å². The minimum absolute atomic E-state index is 0.0649. The summed E-state index contributed by atoms with van der Waals surface area (Å²) >= 11 is 0. The number of H-pyrrole nitrogens is 1. The Bertz CT molecular complexity index is 769. The molecule has 3 aromatic rings. The number of hydrogen-bond acceptors (Lipinski definition) is 2. The molecule has 0 aliphatic rings. The van der Waals surface area contributed by atoms with Crippen LogP contribution in [0.5, 0.6) is 0 Å². The van der Waals surface area contributed by atoms with Gasteiger partial charge in [0.15, 0.2) is 0 Å². The highest BCUT2D eigenvalue weighted by molar-refractivity contribution is 5.66. The third kappa shape index (κ3) is 1.46. The maximum atomic E-state index is 12.0. The molecule has 2 heterocycles. The highest BCUT2D eigenvalue weighted by atomic mass is 16.1. The Morgan fingerprint density at radius 1 is 1.17 bits per heavy atom. The van der Waals surface area contributed by atoms with Crippen molar-refractivity contribution in [3.8, 4) is 11.3 Å². The lowest BCUT2D eigenvalue weighted by Crippen LogP contribution is -2.15. The normalized spacial score (nSPS) is 11.0. The number of hydrogen-bond donors (Lipinski definition) is 1. The molecule has 4 nitrogen and oxygen atoms in total. The Balaban J connectivity index is 2.48. The molecule has 0 saturated carbocycles. The van der Waals surface area contributed by atoms with Crippen molar-refractivity contribution < 1.29 is 0 Å². The van der Waals surface area contributed by atoms with Crippen LogP contribution >= 0.6 is 0 Å². The first-order valence-corrected chi connectivity index (χ1v) is 5.81. The van der Waals surface area contributed by atoms with E-state index in [0.717, 1.165) is 22.5 Å². The van der Waals surface area contributed by atoms with Gasteiger partial charge in [0.1, 0.15) is 5.65 Å². The van der Waals surface area contributed by atoms with Crippen LogP contribution in [0.15, 0.2) is 41.3 Å². The lowest BCUT2D eigenvalue weighted by Gasteiger charge is -2.08. The van der Waals surface area contributed by atoms with Crippen LogP contribution < -0.4 is 5.56 Å². The molecule has 0 radical (unpaired) electrons. The third-order valence-electron chi connectivity index (χ3n) is 3.14. The molecule has 90 valence electrons. The molecule has 0 unspecified atom stereocenters. The van der Waals surface area contributed by atoms with E-state index < -0.39 is 0 Å². The first-order chi connectivity index (χ1) is 8.68. The van der Waals surface area contributed by atoms with Crippen molar-refractivity contribution in [3.05, 3.63) is 58.0 Å². The first-order valence-electron chi connectivity index (χ1n) is 5.81. The number of nitrogens with zero attached hydrogens (tertiary/aromatic N) is 2. The Morgan fingerprint density at radius 3 is 2.61 bits per heavy atom. The molecule has 3 rings (SSSR count). The summed E-state index contributed by atoms with van der Waals surface area (Å²) in [4.78, 5) is 14.8. The van der Waals surface area contributed by atoms with E-state index in [9.17, 15) is 4.79 Å². The van der Waals surface area contributed by atoms with E-state index in [4.69, 9.17) is 0 Å². The molecule has 0 aliphatic heterocycles. The second-order valence-electron chi connectivity index (χ2n) is 4.38. The van der Waals surface area contributed by atoms with Gasteiger partial charge in [-0.15, -0.1) is 0 Å². The molecule has 18 heavy (non-hydrogen) atoms. The average molecular weight is 239 g/mol. The fourth-order valence-corrected chi connectivity index (χ4v) is 2.15. The molecule has 2 aromatic heterocycles. The quantitative estimate of drug-likeness (QED) is 0.708. The van der Waals surface area contributed by atoms with Gasteiger partial charge in [0.05, 0.1) is 11.9 Å². The van der Waals surface area contributed by atoms with Crippen molar-refractivity contribution in [1.29, 1.82) is 0 Å². The van der Waals surface area contributed by atoms with Crippen molar-refractivity contribution >= 4 is 5.65 Å². The molecule has 0 fully saturated rings. The van der Waals surface area contributed by atoms with Gasteiger partial charge in [0.25, 0.3) is 5.56 Å². The third-order valence-corrected chi connectivity index (χ3v) is 3.14. The van der Waals surface area contributed by atoms with Crippen LogP contribution in [0.4, 0.5) is 0 Å². The highest BCUT2D eigenvalue weighted by Gasteiger charge is 2.12. The number of benzene rings is 1. The van der Waals surface area contributed by atoms with Crippen LogP contribution in [-0.4, -0.2) is 14.6 Å². The van der Waals surface area contributed by atoms with Crippen molar-refractivity contribution in [3.63, 3.8) is 0 Å². The van der Waals surface area contributed by atoms with Crippen molar-refractivity contribution in [2.24, 2.45) is 0 Å². The minimum Gasteiger partial charge on any atom is -0.306 e. The van der Waals surface area contributed by atoms with E-state index in [-0.39, 0.29) is 5.56 Å². The predicted molar refractivity (Wildman–Crippen MR) is 70.7 cm³/mol. The first kappa shape index (κ1) is 10.8. The zero-order valence-corrected chi connectivity index (χ0v) is 10.3. The molecule has 0 saturated heterocycles. The van der Waals surface area contributed by atoms with Gasteiger partial charge in [-0.25, -0.2) is 4.52 Å². The number of fused-ring (bicyclic) bond motifs is 1. The molecular weight excluding hydrogens is 226 g/mol. The van der Waals surface area contributed by atoms with Crippen molar-refractivity contribution in [1.82, 2.24) is 14.6 Å². The SMILES string of the molecule is Cc1c(-c2ccccc2)n2ncc(C)c2[nH]c1=O. The van der Waals surface area contributed by atoms with E-state index >= 15 is 0 Å². The van der Waals surface area contributed by atoms with Gasteiger partial charge >= 0.3 is 0 Å². The van der Waals surface area contributed by atoms with Crippen LogP contribution in [-0.2, 0) is 0 Å². The summed E-state index contributed by atoms with van der Waals surface area (Å²) in [6.07, 6.45) is 1.76. The van der Waals surface area contributed by atoms with E-state index in [1.807, 2.05) is 44.2 Å². The molecule has 0 bridgehead atoms. The van der Waals surface area contributed by atoms with Gasteiger partial charge in [0, 0.05) is 16.7 Å². The van der Waals surface area contributed by atoms with Crippen molar-refractivity contribution in [2.75, 3.05) is 0 Å².